The van der Waals surface area contributed by atoms with E-state index in [9.17, 15) is 14.7 Å². The molecule has 0 spiro atoms. The molecule has 128 valence electrons. The maximum atomic E-state index is 12.3. The second-order valence-corrected chi connectivity index (χ2v) is 7.23. The van der Waals surface area contributed by atoms with E-state index in [2.05, 4.69) is 31.1 Å². The monoisotopic (exact) mass is 328 g/mol. The Hall–Kier alpha value is -2.43. The highest BCUT2D eigenvalue weighted by Crippen LogP contribution is 2.22. The Kier molecular flexibility index (Phi) is 5.54. The van der Waals surface area contributed by atoms with Gasteiger partial charge in [-0.1, -0.05) is 45.0 Å². The topological polar surface area (TPSA) is 79.3 Å². The van der Waals surface area contributed by atoms with Crippen LogP contribution in [0, 0.1) is 5.41 Å². The van der Waals surface area contributed by atoms with Gasteiger partial charge >= 0.3 is 5.97 Å². The molecular weight excluding hydrogens is 304 g/mol. The van der Waals surface area contributed by atoms with Gasteiger partial charge in [0.15, 0.2) is 0 Å². The summed E-state index contributed by atoms with van der Waals surface area (Å²) in [4.78, 5) is 28.0. The van der Waals surface area contributed by atoms with Gasteiger partial charge in [-0.3, -0.25) is 9.78 Å². The number of nitrogens with zero attached hydrogens (tertiary/aromatic N) is 1. The summed E-state index contributed by atoms with van der Waals surface area (Å²) in [5.74, 6) is -1.29. The number of aromatic nitrogens is 1. The first-order valence-electron chi connectivity index (χ1n) is 8.11. The Labute approximate surface area is 142 Å². The summed E-state index contributed by atoms with van der Waals surface area (Å²) in [6, 6.07) is 8.58. The molecule has 1 aromatic heterocycles. The second kappa shape index (κ2) is 7.43. The molecule has 0 fully saturated rings. The minimum Gasteiger partial charge on any atom is -0.480 e. The number of amides is 1. The Morgan fingerprint density at radius 2 is 1.92 bits per heavy atom. The van der Waals surface area contributed by atoms with Gasteiger partial charge in [-0.2, -0.15) is 0 Å². The number of carboxylic acid groups (broad SMARTS) is 1. The van der Waals surface area contributed by atoms with Crippen molar-refractivity contribution < 1.29 is 14.7 Å². The number of carbonyl (C=O) groups is 2. The first-order chi connectivity index (χ1) is 11.3. The third kappa shape index (κ3) is 5.05. The average molecular weight is 328 g/mol. The van der Waals surface area contributed by atoms with E-state index in [4.69, 9.17) is 0 Å². The smallest absolute Gasteiger partial charge is 0.326 e. The highest BCUT2D eigenvalue weighted by Gasteiger charge is 2.23. The average Bonchev–Trinajstić information content (AvgIpc) is 2.50. The van der Waals surface area contributed by atoms with E-state index in [1.165, 1.54) is 0 Å². The normalized spacial score (nSPS) is 12.8. The summed E-state index contributed by atoms with van der Waals surface area (Å²) >= 11 is 0. The molecule has 0 aliphatic rings. The SMILES string of the molecule is CC(C)(C)CCC(NC(=O)Cc1cccc2cccnc12)C(=O)O. The molecule has 0 radical (unpaired) electrons. The summed E-state index contributed by atoms with van der Waals surface area (Å²) in [6.07, 6.45) is 2.94. The molecule has 0 aliphatic carbocycles. The van der Waals surface area contributed by atoms with Crippen molar-refractivity contribution in [3.8, 4) is 0 Å². The van der Waals surface area contributed by atoms with Gasteiger partial charge < -0.3 is 10.4 Å². The highest BCUT2D eigenvalue weighted by atomic mass is 16.4. The van der Waals surface area contributed by atoms with Crippen molar-refractivity contribution in [2.75, 3.05) is 0 Å². The summed E-state index contributed by atoms with van der Waals surface area (Å²) in [5.41, 5.74) is 1.60. The number of aliphatic carboxylic acids is 1. The third-order valence-corrected chi connectivity index (χ3v) is 3.88. The van der Waals surface area contributed by atoms with Crippen LogP contribution in [-0.2, 0) is 16.0 Å². The van der Waals surface area contributed by atoms with Crippen molar-refractivity contribution in [1.29, 1.82) is 0 Å². The van der Waals surface area contributed by atoms with Gasteiger partial charge in [0.1, 0.15) is 6.04 Å². The molecule has 0 bridgehead atoms. The van der Waals surface area contributed by atoms with Gasteiger partial charge in [-0.25, -0.2) is 4.79 Å². The van der Waals surface area contributed by atoms with Crippen LogP contribution >= 0.6 is 0 Å². The Morgan fingerprint density at radius 1 is 1.21 bits per heavy atom. The number of rotatable bonds is 6. The molecule has 5 nitrogen and oxygen atoms in total. The molecule has 0 saturated heterocycles. The van der Waals surface area contributed by atoms with Crippen molar-refractivity contribution in [2.45, 2.75) is 46.1 Å². The number of hydrogen-bond acceptors (Lipinski definition) is 3. The number of fused-ring (bicyclic) bond motifs is 1. The van der Waals surface area contributed by atoms with Gasteiger partial charge in [0.05, 0.1) is 11.9 Å². The van der Waals surface area contributed by atoms with Crippen molar-refractivity contribution in [3.63, 3.8) is 0 Å². The molecule has 5 heteroatoms. The molecule has 2 rings (SSSR count). The lowest BCUT2D eigenvalue weighted by molar-refractivity contribution is -0.142. The third-order valence-electron chi connectivity index (χ3n) is 3.88. The van der Waals surface area contributed by atoms with E-state index in [-0.39, 0.29) is 17.7 Å². The number of pyridine rings is 1. The van der Waals surface area contributed by atoms with Gasteiger partial charge in [-0.05, 0) is 29.9 Å². The fraction of sp³-hybridized carbons (Fsp3) is 0.421. The molecule has 0 aliphatic heterocycles. The van der Waals surface area contributed by atoms with Crippen molar-refractivity contribution in [3.05, 3.63) is 42.1 Å². The van der Waals surface area contributed by atoms with E-state index >= 15 is 0 Å². The lowest BCUT2D eigenvalue weighted by Gasteiger charge is -2.21. The summed E-state index contributed by atoms with van der Waals surface area (Å²) in [6.45, 7) is 6.15. The van der Waals surface area contributed by atoms with Gasteiger partial charge in [0.25, 0.3) is 0 Å². The van der Waals surface area contributed by atoms with Crippen LogP contribution in [0.5, 0.6) is 0 Å². The lowest BCUT2D eigenvalue weighted by atomic mass is 9.88. The molecule has 24 heavy (non-hydrogen) atoms. The zero-order valence-corrected chi connectivity index (χ0v) is 14.4. The second-order valence-electron chi connectivity index (χ2n) is 7.23. The van der Waals surface area contributed by atoms with Crippen LogP contribution in [0.15, 0.2) is 36.5 Å². The minimum atomic E-state index is -0.997. The number of benzene rings is 1. The van der Waals surface area contributed by atoms with Crippen LogP contribution in [-0.4, -0.2) is 28.0 Å². The van der Waals surface area contributed by atoms with Crippen molar-refractivity contribution in [2.24, 2.45) is 5.41 Å². The Balaban J connectivity index is 2.06. The van der Waals surface area contributed by atoms with E-state index < -0.39 is 12.0 Å². The van der Waals surface area contributed by atoms with E-state index in [0.717, 1.165) is 22.9 Å². The van der Waals surface area contributed by atoms with Crippen LogP contribution in [0.25, 0.3) is 10.9 Å². The molecular formula is C19H24N2O3. The zero-order chi connectivity index (χ0) is 17.7. The quantitative estimate of drug-likeness (QED) is 0.853. The first kappa shape index (κ1) is 17.9. The summed E-state index contributed by atoms with van der Waals surface area (Å²) in [5, 5.41) is 12.9. The number of hydrogen-bond donors (Lipinski definition) is 2. The standard InChI is InChI=1S/C19H24N2O3/c1-19(2,3)10-9-15(18(23)24)21-16(22)12-14-7-4-6-13-8-5-11-20-17(13)14/h4-8,11,15H,9-10,12H2,1-3H3,(H,21,22)(H,23,24). The van der Waals surface area contributed by atoms with Crippen LogP contribution < -0.4 is 5.32 Å². The van der Waals surface area contributed by atoms with E-state index in [1.807, 2.05) is 30.3 Å². The largest absolute Gasteiger partial charge is 0.480 e. The molecule has 1 amide bonds. The van der Waals surface area contributed by atoms with Crippen molar-refractivity contribution >= 4 is 22.8 Å². The highest BCUT2D eigenvalue weighted by molar-refractivity contribution is 5.89. The Morgan fingerprint density at radius 3 is 2.58 bits per heavy atom. The summed E-state index contributed by atoms with van der Waals surface area (Å²) < 4.78 is 0. The van der Waals surface area contributed by atoms with Crippen LogP contribution in [0.1, 0.15) is 39.2 Å². The van der Waals surface area contributed by atoms with E-state index in [1.54, 1.807) is 6.20 Å². The number of carbonyl (C=O) groups excluding carboxylic acids is 1. The molecule has 1 aromatic carbocycles. The van der Waals surface area contributed by atoms with Gasteiger partial charge in [-0.15, -0.1) is 0 Å². The predicted molar refractivity (Wildman–Crippen MR) is 93.7 cm³/mol. The lowest BCUT2D eigenvalue weighted by Crippen LogP contribution is -2.42. The number of carboxylic acids is 1. The molecule has 1 unspecified atom stereocenters. The van der Waals surface area contributed by atoms with Gasteiger partial charge in [0.2, 0.25) is 5.91 Å². The maximum Gasteiger partial charge on any atom is 0.326 e. The molecule has 0 saturated carbocycles. The fourth-order valence-corrected chi connectivity index (χ4v) is 2.56. The van der Waals surface area contributed by atoms with Crippen LogP contribution in [0.2, 0.25) is 0 Å². The molecule has 2 N–H and O–H groups in total. The first-order valence-corrected chi connectivity index (χ1v) is 8.11. The molecule has 2 aromatic rings. The van der Waals surface area contributed by atoms with Crippen LogP contribution in [0.3, 0.4) is 0 Å². The van der Waals surface area contributed by atoms with E-state index in [0.29, 0.717) is 6.42 Å². The molecule has 1 heterocycles. The Bertz CT molecular complexity index is 729. The molecule has 1 atom stereocenters. The number of para-hydroxylation sites is 1. The minimum absolute atomic E-state index is 0.0258. The summed E-state index contributed by atoms with van der Waals surface area (Å²) in [7, 11) is 0. The van der Waals surface area contributed by atoms with Gasteiger partial charge in [0, 0.05) is 11.6 Å². The predicted octanol–water partition coefficient (Wildman–Crippen LogP) is 3.17. The maximum absolute atomic E-state index is 12.3. The number of nitrogens with one attached hydrogen (secondary N) is 1. The zero-order valence-electron chi connectivity index (χ0n) is 14.4. The van der Waals surface area contributed by atoms with Crippen molar-refractivity contribution in [1.82, 2.24) is 10.3 Å². The fourth-order valence-electron chi connectivity index (χ4n) is 2.56. The van der Waals surface area contributed by atoms with Crippen LogP contribution in [0.4, 0.5) is 0 Å².